The number of likely N-dealkylation sites (N-methyl/N-ethyl adjacent to an activating group) is 1. The molecule has 2 heterocycles. The monoisotopic (exact) mass is 269 g/mol. The Labute approximate surface area is 121 Å². The first-order valence-corrected chi connectivity index (χ1v) is 7.45. The highest BCUT2D eigenvalue weighted by atomic mass is 15.2. The van der Waals surface area contributed by atoms with Crippen LogP contribution in [0.2, 0.25) is 0 Å². The summed E-state index contributed by atoms with van der Waals surface area (Å²) in [4.78, 5) is 8.22. The molecule has 0 radical (unpaired) electrons. The Kier molecular flexibility index (Phi) is 4.19. The third-order valence-corrected chi connectivity index (χ3v) is 4.18. The predicted octanol–water partition coefficient (Wildman–Crippen LogP) is 2.47. The van der Waals surface area contributed by atoms with E-state index in [1.54, 1.807) is 0 Å². The highest BCUT2D eigenvalue weighted by molar-refractivity contribution is 5.59. The molecule has 1 aromatic heterocycles. The number of piperazine rings is 1. The zero-order chi connectivity index (χ0) is 13.8. The third kappa shape index (κ3) is 3.30. The van der Waals surface area contributed by atoms with Gasteiger partial charge in [-0.15, -0.1) is 0 Å². The van der Waals surface area contributed by atoms with Crippen LogP contribution in [-0.4, -0.2) is 54.6 Å². The average Bonchev–Trinajstić information content (AvgIpc) is 3.01. The molecule has 0 aliphatic carbocycles. The van der Waals surface area contributed by atoms with Crippen LogP contribution in [0.5, 0.6) is 0 Å². The van der Waals surface area contributed by atoms with Gasteiger partial charge in [0.2, 0.25) is 0 Å². The van der Waals surface area contributed by atoms with E-state index >= 15 is 0 Å². The minimum absolute atomic E-state index is 1.15. The van der Waals surface area contributed by atoms with Gasteiger partial charge in [0.1, 0.15) is 0 Å². The second-order valence-corrected chi connectivity index (χ2v) is 5.68. The summed E-state index contributed by atoms with van der Waals surface area (Å²) in [5.74, 6) is 0. The van der Waals surface area contributed by atoms with Gasteiger partial charge in [0, 0.05) is 44.6 Å². The number of hydrogen-bond acceptors (Lipinski definition) is 2. The maximum atomic E-state index is 3.25. The molecule has 0 atom stereocenters. The summed E-state index contributed by atoms with van der Waals surface area (Å²) < 4.78 is 0. The number of hydrogen-bond donors (Lipinski definition) is 1. The van der Waals surface area contributed by atoms with Crippen LogP contribution in [-0.2, 0) is 6.42 Å². The average molecular weight is 269 g/mol. The van der Waals surface area contributed by atoms with E-state index in [4.69, 9.17) is 0 Å². The van der Waals surface area contributed by atoms with Gasteiger partial charge in [-0.3, -0.25) is 0 Å². The maximum Gasteiger partial charge on any atom is 0.0453 e. The molecule has 1 aromatic carbocycles. The van der Waals surface area contributed by atoms with E-state index in [1.807, 2.05) is 12.3 Å². The summed E-state index contributed by atoms with van der Waals surface area (Å²) >= 11 is 0. The van der Waals surface area contributed by atoms with Crippen molar-refractivity contribution in [3.63, 3.8) is 0 Å². The van der Waals surface area contributed by atoms with Crippen molar-refractivity contribution in [1.82, 2.24) is 14.8 Å². The first-order chi connectivity index (χ1) is 9.81. The highest BCUT2D eigenvalue weighted by Gasteiger charge is 2.13. The molecule has 0 bridgehead atoms. The summed E-state index contributed by atoms with van der Waals surface area (Å²) in [6.45, 7) is 5.99. The largest absolute Gasteiger partial charge is 0.361 e. The topological polar surface area (TPSA) is 22.3 Å². The van der Waals surface area contributed by atoms with E-state index in [9.17, 15) is 0 Å². The molecule has 1 saturated heterocycles. The fourth-order valence-electron chi connectivity index (χ4n) is 2.72. The zero-order valence-corrected chi connectivity index (χ0v) is 12.2. The second-order valence-electron chi connectivity index (χ2n) is 5.68. The molecule has 1 fully saturated rings. The van der Waals surface area contributed by atoms with Gasteiger partial charge >= 0.3 is 0 Å². The lowest BCUT2D eigenvalue weighted by atomic mass is 10.1. The molecule has 0 amide bonds. The molecule has 0 unspecified atom stereocenters. The molecular weight excluding hydrogens is 246 g/mol. The van der Waals surface area contributed by atoms with Crippen molar-refractivity contribution in [2.75, 3.05) is 39.8 Å². The molecule has 106 valence electrons. The van der Waals surface area contributed by atoms with E-state index in [1.165, 1.54) is 49.5 Å². The van der Waals surface area contributed by atoms with Crippen molar-refractivity contribution in [2.45, 2.75) is 6.42 Å². The van der Waals surface area contributed by atoms with Gasteiger partial charge < -0.3 is 14.8 Å². The number of rotatable bonds is 4. The Hall–Kier alpha value is -1.58. The molecule has 0 spiro atoms. The predicted molar refractivity (Wildman–Crippen MR) is 83.9 cm³/mol. The van der Waals surface area contributed by atoms with Crippen LogP contribution < -0.4 is 0 Å². The number of nitrogens with one attached hydrogen (secondary N) is 1. The van der Waals surface area contributed by atoms with E-state index in [2.05, 4.69) is 52.2 Å². The minimum Gasteiger partial charge on any atom is -0.361 e. The lowest BCUT2D eigenvalue weighted by molar-refractivity contribution is 0.155. The van der Waals surface area contributed by atoms with Crippen LogP contribution in [0.15, 0.2) is 42.6 Å². The summed E-state index contributed by atoms with van der Waals surface area (Å²) in [6, 6.07) is 13.1. The van der Waals surface area contributed by atoms with Gasteiger partial charge in [-0.25, -0.2) is 0 Å². The van der Waals surface area contributed by atoms with Crippen molar-refractivity contribution in [2.24, 2.45) is 0 Å². The summed E-state index contributed by atoms with van der Waals surface area (Å²) in [7, 11) is 2.21. The Bertz CT molecular complexity index is 508. The van der Waals surface area contributed by atoms with Crippen LogP contribution >= 0.6 is 0 Å². The maximum absolute atomic E-state index is 3.25. The van der Waals surface area contributed by atoms with Crippen molar-refractivity contribution in [1.29, 1.82) is 0 Å². The molecule has 20 heavy (non-hydrogen) atoms. The van der Waals surface area contributed by atoms with Crippen LogP contribution in [0.4, 0.5) is 0 Å². The van der Waals surface area contributed by atoms with Crippen LogP contribution in [0.3, 0.4) is 0 Å². The first kappa shape index (κ1) is 13.4. The van der Waals surface area contributed by atoms with Crippen molar-refractivity contribution in [3.05, 3.63) is 48.2 Å². The van der Waals surface area contributed by atoms with Crippen molar-refractivity contribution in [3.8, 4) is 11.3 Å². The first-order valence-electron chi connectivity index (χ1n) is 7.45. The molecule has 3 nitrogen and oxygen atoms in total. The number of aromatic amines is 1. The van der Waals surface area contributed by atoms with Gasteiger partial charge in [-0.05, 0) is 36.7 Å². The van der Waals surface area contributed by atoms with Crippen LogP contribution in [0.25, 0.3) is 11.3 Å². The molecule has 1 aliphatic rings. The fourth-order valence-corrected chi connectivity index (χ4v) is 2.72. The molecule has 3 heteroatoms. The van der Waals surface area contributed by atoms with Gasteiger partial charge in [0.15, 0.2) is 0 Å². The number of H-pyrrole nitrogens is 1. The number of aromatic nitrogens is 1. The van der Waals surface area contributed by atoms with E-state index < -0.39 is 0 Å². The summed E-state index contributed by atoms with van der Waals surface area (Å²) in [5, 5.41) is 0. The Morgan fingerprint density at radius 1 is 1.00 bits per heavy atom. The Balaban J connectivity index is 1.53. The number of nitrogens with zero attached hydrogens (tertiary/aromatic N) is 2. The van der Waals surface area contributed by atoms with Crippen LogP contribution in [0, 0.1) is 0 Å². The molecule has 2 aromatic rings. The van der Waals surface area contributed by atoms with Gasteiger partial charge in [0.25, 0.3) is 0 Å². The van der Waals surface area contributed by atoms with Crippen molar-refractivity contribution < 1.29 is 0 Å². The number of benzene rings is 1. The fraction of sp³-hybridized carbons (Fsp3) is 0.412. The Morgan fingerprint density at radius 2 is 1.75 bits per heavy atom. The molecule has 1 aliphatic heterocycles. The highest BCUT2D eigenvalue weighted by Crippen LogP contribution is 2.17. The standard InChI is InChI=1S/C17H23N3/c1-19-11-13-20(14-12-19)10-8-15-4-6-16(7-5-15)17-3-2-9-18-17/h2-7,9,18H,8,10-14H2,1H3. The lowest BCUT2D eigenvalue weighted by Crippen LogP contribution is -2.45. The minimum atomic E-state index is 1.15. The molecule has 1 N–H and O–H groups in total. The smallest absolute Gasteiger partial charge is 0.0453 e. The van der Waals surface area contributed by atoms with Gasteiger partial charge in [-0.2, -0.15) is 0 Å². The van der Waals surface area contributed by atoms with Gasteiger partial charge in [-0.1, -0.05) is 24.3 Å². The van der Waals surface area contributed by atoms with E-state index in [0.29, 0.717) is 0 Å². The third-order valence-electron chi connectivity index (χ3n) is 4.18. The quantitative estimate of drug-likeness (QED) is 0.921. The van der Waals surface area contributed by atoms with Gasteiger partial charge in [0.05, 0.1) is 0 Å². The van der Waals surface area contributed by atoms with E-state index in [0.717, 1.165) is 6.42 Å². The molecular formula is C17H23N3. The summed E-state index contributed by atoms with van der Waals surface area (Å²) in [6.07, 6.45) is 3.12. The molecule has 3 rings (SSSR count). The SMILES string of the molecule is CN1CCN(CCc2ccc(-c3ccc[nH]3)cc2)CC1. The second kappa shape index (κ2) is 6.25. The van der Waals surface area contributed by atoms with E-state index in [-0.39, 0.29) is 0 Å². The Morgan fingerprint density at radius 3 is 2.40 bits per heavy atom. The van der Waals surface area contributed by atoms with Crippen LogP contribution in [0.1, 0.15) is 5.56 Å². The summed E-state index contributed by atoms with van der Waals surface area (Å²) in [5.41, 5.74) is 3.88. The zero-order valence-electron chi connectivity index (χ0n) is 12.2. The normalized spacial score (nSPS) is 17.4. The molecule has 0 saturated carbocycles. The lowest BCUT2D eigenvalue weighted by Gasteiger charge is -2.32. The van der Waals surface area contributed by atoms with Crippen molar-refractivity contribution >= 4 is 0 Å².